The minimum absolute atomic E-state index is 0.121. The maximum Gasteiger partial charge on any atom is 0.266 e. The predicted molar refractivity (Wildman–Crippen MR) is 111 cm³/mol. The van der Waals surface area contributed by atoms with E-state index in [4.69, 9.17) is 21.1 Å². The molecule has 8 heteroatoms. The third-order valence-corrected chi connectivity index (χ3v) is 4.63. The van der Waals surface area contributed by atoms with Gasteiger partial charge in [-0.15, -0.1) is 0 Å². The van der Waals surface area contributed by atoms with E-state index in [1.54, 1.807) is 62.8 Å². The van der Waals surface area contributed by atoms with Crippen molar-refractivity contribution >= 4 is 5.91 Å². The van der Waals surface area contributed by atoms with Crippen LogP contribution >= 0.6 is 0 Å². The van der Waals surface area contributed by atoms with Gasteiger partial charge in [0.25, 0.3) is 11.5 Å². The van der Waals surface area contributed by atoms with Crippen LogP contribution in [0.2, 0.25) is 0 Å². The molecule has 1 heterocycles. The second-order valence-electron chi connectivity index (χ2n) is 6.19. The number of H-pyrrole nitrogens is 1. The molecule has 0 aliphatic carbocycles. The number of amides is 1. The summed E-state index contributed by atoms with van der Waals surface area (Å²) in [6.45, 7) is -0.121. The zero-order valence-electron chi connectivity index (χ0n) is 16.1. The molecular weight excluding hydrogens is 372 g/mol. The monoisotopic (exact) mass is 394 g/mol. The van der Waals surface area contributed by atoms with Crippen molar-refractivity contribution in [2.75, 3.05) is 14.2 Å². The minimum Gasteiger partial charge on any atom is -0.497 e. The molecule has 29 heavy (non-hydrogen) atoms. The summed E-state index contributed by atoms with van der Waals surface area (Å²) in [5.74, 6) is 6.14. The highest BCUT2D eigenvalue weighted by atomic mass is 16.5. The molecule has 2 aromatic carbocycles. The van der Waals surface area contributed by atoms with Crippen LogP contribution < -0.4 is 32.0 Å². The van der Waals surface area contributed by atoms with E-state index < -0.39 is 11.5 Å². The summed E-state index contributed by atoms with van der Waals surface area (Å²) in [4.78, 5) is 28.2. The number of aromatic amines is 1. The van der Waals surface area contributed by atoms with Gasteiger partial charge in [-0.2, -0.15) is 0 Å². The highest BCUT2D eigenvalue weighted by molar-refractivity contribution is 6.05. The molecule has 1 aromatic heterocycles. The molecule has 0 spiro atoms. The van der Waals surface area contributed by atoms with Gasteiger partial charge in [-0.05, 0) is 47.5 Å². The first-order chi connectivity index (χ1) is 14.0. The molecule has 8 nitrogen and oxygen atoms in total. The zero-order chi connectivity index (χ0) is 21.0. The van der Waals surface area contributed by atoms with Crippen LogP contribution in [-0.2, 0) is 6.54 Å². The molecule has 0 atom stereocenters. The Kier molecular flexibility index (Phi) is 5.96. The van der Waals surface area contributed by atoms with E-state index in [9.17, 15) is 9.59 Å². The van der Waals surface area contributed by atoms with Crippen molar-refractivity contribution in [1.29, 1.82) is 0 Å². The summed E-state index contributed by atoms with van der Waals surface area (Å²) in [5, 5.41) is 0. The van der Waals surface area contributed by atoms with Gasteiger partial charge in [-0.25, -0.2) is 5.84 Å². The number of nitrogens with one attached hydrogen (secondary N) is 2. The lowest BCUT2D eigenvalue weighted by Crippen LogP contribution is -2.34. The van der Waals surface area contributed by atoms with Crippen LogP contribution in [0.5, 0.6) is 11.5 Å². The fourth-order valence-electron chi connectivity index (χ4n) is 3.18. The molecule has 0 aliphatic rings. The van der Waals surface area contributed by atoms with Gasteiger partial charge >= 0.3 is 0 Å². The predicted octanol–water partition coefficient (Wildman–Crippen LogP) is 1.79. The maximum absolute atomic E-state index is 12.7. The Labute approximate surface area is 167 Å². The number of hydrogen-bond donors (Lipinski definition) is 4. The van der Waals surface area contributed by atoms with Gasteiger partial charge in [0.2, 0.25) is 0 Å². The lowest BCUT2D eigenvalue weighted by Gasteiger charge is -2.18. The van der Waals surface area contributed by atoms with Crippen molar-refractivity contribution in [1.82, 2.24) is 10.4 Å². The van der Waals surface area contributed by atoms with Gasteiger partial charge in [0, 0.05) is 17.7 Å². The second-order valence-corrected chi connectivity index (χ2v) is 6.19. The lowest BCUT2D eigenvalue weighted by molar-refractivity contribution is 0.0953. The van der Waals surface area contributed by atoms with Crippen molar-refractivity contribution < 1.29 is 14.3 Å². The minimum atomic E-state index is -0.600. The van der Waals surface area contributed by atoms with E-state index in [1.807, 2.05) is 0 Å². The van der Waals surface area contributed by atoms with E-state index >= 15 is 0 Å². The number of carbonyl (C=O) groups is 1. The summed E-state index contributed by atoms with van der Waals surface area (Å²) in [7, 11) is 3.14. The van der Waals surface area contributed by atoms with E-state index in [2.05, 4.69) is 10.4 Å². The van der Waals surface area contributed by atoms with Crippen molar-refractivity contribution in [3.63, 3.8) is 0 Å². The largest absolute Gasteiger partial charge is 0.497 e. The molecule has 0 radical (unpaired) electrons. The number of pyridine rings is 1. The Bertz CT molecular complexity index is 1070. The molecule has 6 N–H and O–H groups in total. The Morgan fingerprint density at radius 2 is 1.48 bits per heavy atom. The van der Waals surface area contributed by atoms with Crippen LogP contribution in [0, 0.1) is 0 Å². The summed E-state index contributed by atoms with van der Waals surface area (Å²) in [5.41, 5.74) is 10.1. The van der Waals surface area contributed by atoms with Gasteiger partial charge in [0.05, 0.1) is 25.5 Å². The summed E-state index contributed by atoms with van der Waals surface area (Å²) >= 11 is 0. The molecule has 3 aromatic rings. The summed E-state index contributed by atoms with van der Waals surface area (Å²) < 4.78 is 10.4. The number of methoxy groups -OCH3 is 2. The molecule has 0 saturated carbocycles. The Balaban J connectivity index is 2.37. The fourth-order valence-corrected chi connectivity index (χ4v) is 3.18. The first-order valence-corrected chi connectivity index (χ1v) is 8.83. The van der Waals surface area contributed by atoms with Crippen LogP contribution in [0.3, 0.4) is 0 Å². The SMILES string of the molecule is COc1ccc(-c2[nH]c(=O)c(CN)c(C(=O)NN)c2-c2ccc(OC)cc2)cc1. The van der Waals surface area contributed by atoms with Crippen molar-refractivity contribution in [2.24, 2.45) is 11.6 Å². The third kappa shape index (κ3) is 3.84. The van der Waals surface area contributed by atoms with Gasteiger partial charge in [0.1, 0.15) is 11.5 Å². The van der Waals surface area contributed by atoms with Crippen LogP contribution in [0.4, 0.5) is 0 Å². The number of aromatic nitrogens is 1. The quantitative estimate of drug-likeness (QED) is 0.286. The average molecular weight is 394 g/mol. The first-order valence-electron chi connectivity index (χ1n) is 8.83. The van der Waals surface area contributed by atoms with Gasteiger partial charge in [-0.1, -0.05) is 12.1 Å². The molecule has 3 rings (SSSR count). The normalized spacial score (nSPS) is 10.5. The topological polar surface area (TPSA) is 132 Å². The zero-order valence-corrected chi connectivity index (χ0v) is 16.1. The number of ether oxygens (including phenoxy) is 2. The van der Waals surface area contributed by atoms with E-state index in [-0.39, 0.29) is 17.7 Å². The molecule has 150 valence electrons. The van der Waals surface area contributed by atoms with Gasteiger partial charge < -0.3 is 20.2 Å². The number of benzene rings is 2. The molecule has 0 aliphatic heterocycles. The molecule has 0 unspecified atom stereocenters. The Hall–Kier alpha value is -3.62. The number of carbonyl (C=O) groups excluding carboxylic acids is 1. The molecule has 0 fully saturated rings. The molecular formula is C21H22N4O4. The molecule has 0 bridgehead atoms. The summed E-state index contributed by atoms with van der Waals surface area (Å²) in [6.07, 6.45) is 0. The standard InChI is InChI=1S/C21H22N4O4/c1-28-14-7-3-12(4-8-14)17-18(21(27)25-23)16(11-22)20(26)24-19(17)13-5-9-15(29-2)10-6-13/h3-10H,11,22-23H2,1-2H3,(H,24,26)(H,25,27). The number of hydrazine groups is 1. The number of hydrogen-bond acceptors (Lipinski definition) is 6. The number of nitrogens with two attached hydrogens (primary N) is 2. The van der Waals surface area contributed by atoms with E-state index in [1.165, 1.54) is 0 Å². The van der Waals surface area contributed by atoms with E-state index in [0.29, 0.717) is 33.9 Å². The van der Waals surface area contributed by atoms with E-state index in [0.717, 1.165) is 0 Å². The second kappa shape index (κ2) is 8.59. The first kappa shape index (κ1) is 20.1. The van der Waals surface area contributed by atoms with Gasteiger partial charge in [-0.3, -0.25) is 15.0 Å². The molecule has 1 amide bonds. The maximum atomic E-state index is 12.7. The van der Waals surface area contributed by atoms with Crippen molar-refractivity contribution in [3.05, 3.63) is 70.0 Å². The fraction of sp³-hybridized carbons (Fsp3) is 0.143. The Morgan fingerprint density at radius 3 is 1.93 bits per heavy atom. The van der Waals surface area contributed by atoms with Crippen LogP contribution in [-0.4, -0.2) is 25.1 Å². The number of nitrogen functional groups attached to an aromatic ring is 1. The third-order valence-electron chi connectivity index (χ3n) is 4.63. The van der Waals surface area contributed by atoms with Crippen molar-refractivity contribution in [3.8, 4) is 33.9 Å². The highest BCUT2D eigenvalue weighted by Crippen LogP contribution is 2.35. The smallest absolute Gasteiger partial charge is 0.266 e. The van der Waals surface area contributed by atoms with Crippen LogP contribution in [0.15, 0.2) is 53.3 Å². The Morgan fingerprint density at radius 1 is 0.966 bits per heavy atom. The number of rotatable bonds is 6. The molecule has 0 saturated heterocycles. The van der Waals surface area contributed by atoms with Crippen LogP contribution in [0.25, 0.3) is 22.4 Å². The lowest BCUT2D eigenvalue weighted by atomic mass is 9.91. The average Bonchev–Trinajstić information content (AvgIpc) is 2.78. The highest BCUT2D eigenvalue weighted by Gasteiger charge is 2.24. The van der Waals surface area contributed by atoms with Gasteiger partial charge in [0.15, 0.2) is 0 Å². The summed E-state index contributed by atoms with van der Waals surface area (Å²) in [6, 6.07) is 14.3. The van der Waals surface area contributed by atoms with Crippen LogP contribution in [0.1, 0.15) is 15.9 Å². The van der Waals surface area contributed by atoms with Crippen molar-refractivity contribution in [2.45, 2.75) is 6.54 Å².